The van der Waals surface area contributed by atoms with Crippen LogP contribution in [0.3, 0.4) is 0 Å². The molecule has 4 nitrogen and oxygen atoms in total. The zero-order valence-corrected chi connectivity index (χ0v) is 16.2. The van der Waals surface area contributed by atoms with Gasteiger partial charge in [0.1, 0.15) is 5.75 Å². The van der Waals surface area contributed by atoms with Crippen LogP contribution in [-0.4, -0.2) is 9.79 Å². The predicted octanol–water partition coefficient (Wildman–Crippen LogP) is 5.62. The summed E-state index contributed by atoms with van der Waals surface area (Å²) >= 11 is 0. The van der Waals surface area contributed by atoms with Crippen molar-refractivity contribution in [1.29, 1.82) is 0 Å². The van der Waals surface area contributed by atoms with Crippen molar-refractivity contribution in [3.05, 3.63) is 46.5 Å². The Bertz CT molecular complexity index is 817. The van der Waals surface area contributed by atoms with Crippen LogP contribution >= 0.6 is 7.82 Å². The number of benzene rings is 1. The summed E-state index contributed by atoms with van der Waals surface area (Å²) in [6, 6.07) is 7.20. The van der Waals surface area contributed by atoms with Gasteiger partial charge in [0.2, 0.25) is 0 Å². The highest BCUT2D eigenvalue weighted by Gasteiger charge is 2.38. The van der Waals surface area contributed by atoms with Crippen LogP contribution in [0.25, 0.3) is 5.57 Å². The van der Waals surface area contributed by atoms with Gasteiger partial charge < -0.3 is 4.52 Å². The summed E-state index contributed by atoms with van der Waals surface area (Å²) in [5.74, 6) is 1.45. The highest BCUT2D eigenvalue weighted by atomic mass is 31.2. The number of fused-ring (bicyclic) bond motifs is 3. The molecule has 0 saturated heterocycles. The third-order valence-electron chi connectivity index (χ3n) is 6.33. The fourth-order valence-corrected chi connectivity index (χ4v) is 5.73. The standard InChI is InChI=1S/C21H27O4P/c1-14(15-7-4-9-18(13-15)25-26(22,23)24)21-17-8-5-11-20(21)19-10-3-2-6-16(19)12-17/h4,7,9,13,17,20H,2-3,5-6,8,10-12H2,1H3,(H2,22,23,24)/b21-14-. The van der Waals surface area contributed by atoms with Crippen LogP contribution in [0.4, 0.5) is 0 Å². The quantitative estimate of drug-likeness (QED) is 0.532. The van der Waals surface area contributed by atoms with E-state index >= 15 is 0 Å². The number of phosphoric acid groups is 1. The molecule has 140 valence electrons. The van der Waals surface area contributed by atoms with Crippen LogP contribution < -0.4 is 4.52 Å². The predicted molar refractivity (Wildman–Crippen MR) is 103 cm³/mol. The Morgan fingerprint density at radius 3 is 2.77 bits per heavy atom. The van der Waals surface area contributed by atoms with Gasteiger partial charge in [0.05, 0.1) is 0 Å². The molecule has 1 aromatic carbocycles. The van der Waals surface area contributed by atoms with Crippen LogP contribution in [0, 0.1) is 11.8 Å². The molecular weight excluding hydrogens is 347 g/mol. The van der Waals surface area contributed by atoms with E-state index in [1.54, 1.807) is 28.9 Å². The van der Waals surface area contributed by atoms with Gasteiger partial charge in [-0.1, -0.05) is 35.3 Å². The number of hydrogen-bond donors (Lipinski definition) is 2. The van der Waals surface area contributed by atoms with Gasteiger partial charge in [0, 0.05) is 5.92 Å². The Labute approximate surface area is 155 Å². The molecule has 3 aliphatic rings. The molecule has 1 saturated carbocycles. The SMILES string of the molecule is C/C(=C1\C2CCCC1C1=C(CCCC1)C2)c1cccc(OP(=O)(O)O)c1. The Morgan fingerprint density at radius 2 is 1.96 bits per heavy atom. The first-order valence-corrected chi connectivity index (χ1v) is 11.2. The van der Waals surface area contributed by atoms with E-state index in [-0.39, 0.29) is 5.75 Å². The van der Waals surface area contributed by atoms with Crippen molar-refractivity contribution in [3.8, 4) is 5.75 Å². The van der Waals surface area contributed by atoms with E-state index in [1.165, 1.54) is 56.9 Å². The maximum Gasteiger partial charge on any atom is 0.524 e. The zero-order valence-electron chi connectivity index (χ0n) is 15.3. The van der Waals surface area contributed by atoms with Gasteiger partial charge in [-0.2, -0.15) is 0 Å². The Hall–Kier alpha value is -1.35. The van der Waals surface area contributed by atoms with Gasteiger partial charge in [-0.15, -0.1) is 0 Å². The molecule has 1 aromatic rings. The molecule has 0 aromatic heterocycles. The lowest BCUT2D eigenvalue weighted by Gasteiger charge is -2.43. The van der Waals surface area contributed by atoms with E-state index in [1.807, 2.05) is 12.1 Å². The number of rotatable bonds is 3. The van der Waals surface area contributed by atoms with Crippen molar-refractivity contribution in [2.45, 2.75) is 58.3 Å². The summed E-state index contributed by atoms with van der Waals surface area (Å²) in [6.45, 7) is 2.17. The van der Waals surface area contributed by atoms with Crippen LogP contribution in [0.1, 0.15) is 63.9 Å². The maximum absolute atomic E-state index is 11.2. The third kappa shape index (κ3) is 3.55. The fourth-order valence-electron chi connectivity index (χ4n) is 5.34. The molecule has 0 spiro atoms. The summed E-state index contributed by atoms with van der Waals surface area (Å²) in [7, 11) is -4.53. The van der Waals surface area contributed by atoms with Crippen LogP contribution in [0.5, 0.6) is 5.75 Å². The highest BCUT2D eigenvalue weighted by molar-refractivity contribution is 7.46. The summed E-state index contributed by atoms with van der Waals surface area (Å²) in [5.41, 5.74) is 7.31. The van der Waals surface area contributed by atoms with Gasteiger partial charge in [0.15, 0.2) is 0 Å². The van der Waals surface area contributed by atoms with Crippen LogP contribution in [0.2, 0.25) is 0 Å². The Morgan fingerprint density at radius 1 is 1.15 bits per heavy atom. The minimum Gasteiger partial charge on any atom is -0.404 e. The molecule has 0 heterocycles. The van der Waals surface area contributed by atoms with Gasteiger partial charge in [-0.25, -0.2) is 4.57 Å². The van der Waals surface area contributed by atoms with Crippen molar-refractivity contribution in [2.24, 2.45) is 11.8 Å². The smallest absolute Gasteiger partial charge is 0.404 e. The lowest BCUT2D eigenvalue weighted by molar-refractivity contribution is 0.283. The fraction of sp³-hybridized carbons (Fsp3) is 0.524. The lowest BCUT2D eigenvalue weighted by Crippen LogP contribution is -2.29. The van der Waals surface area contributed by atoms with Gasteiger partial charge in [-0.05, 0) is 81.1 Å². The largest absolute Gasteiger partial charge is 0.524 e. The Kier molecular flexibility index (Phi) is 4.85. The average Bonchev–Trinajstić information content (AvgIpc) is 2.59. The summed E-state index contributed by atoms with van der Waals surface area (Å²) in [6.07, 6.45) is 10.3. The van der Waals surface area contributed by atoms with E-state index in [0.717, 1.165) is 5.56 Å². The van der Waals surface area contributed by atoms with Gasteiger partial charge >= 0.3 is 7.82 Å². The topological polar surface area (TPSA) is 66.8 Å². The van der Waals surface area contributed by atoms with Crippen molar-refractivity contribution >= 4 is 13.4 Å². The van der Waals surface area contributed by atoms with Gasteiger partial charge in [0.25, 0.3) is 0 Å². The minimum absolute atomic E-state index is 0.231. The number of hydrogen-bond acceptors (Lipinski definition) is 2. The molecule has 2 N–H and O–H groups in total. The summed E-state index contributed by atoms with van der Waals surface area (Å²) in [4.78, 5) is 18.2. The second-order valence-corrected chi connectivity index (χ2v) is 9.07. The van der Waals surface area contributed by atoms with E-state index in [9.17, 15) is 4.57 Å². The summed E-state index contributed by atoms with van der Waals surface area (Å²) in [5, 5.41) is 0. The van der Waals surface area contributed by atoms with E-state index in [4.69, 9.17) is 14.3 Å². The van der Waals surface area contributed by atoms with E-state index < -0.39 is 7.82 Å². The monoisotopic (exact) mass is 374 g/mol. The number of allylic oxidation sites excluding steroid dienone is 4. The molecule has 4 rings (SSSR count). The van der Waals surface area contributed by atoms with Crippen molar-refractivity contribution in [2.75, 3.05) is 0 Å². The second kappa shape index (κ2) is 6.99. The molecule has 26 heavy (non-hydrogen) atoms. The summed E-state index contributed by atoms with van der Waals surface area (Å²) < 4.78 is 15.9. The Balaban J connectivity index is 1.73. The van der Waals surface area contributed by atoms with Crippen LogP contribution in [0.15, 0.2) is 41.0 Å². The van der Waals surface area contributed by atoms with Gasteiger partial charge in [-0.3, -0.25) is 9.79 Å². The minimum atomic E-state index is -4.53. The molecule has 2 unspecified atom stereocenters. The molecule has 5 heteroatoms. The lowest BCUT2D eigenvalue weighted by atomic mass is 9.61. The molecule has 2 bridgehead atoms. The average molecular weight is 374 g/mol. The highest BCUT2D eigenvalue weighted by Crippen LogP contribution is 2.53. The van der Waals surface area contributed by atoms with Crippen LogP contribution in [-0.2, 0) is 4.57 Å². The van der Waals surface area contributed by atoms with Crippen molar-refractivity contribution in [1.82, 2.24) is 0 Å². The first-order valence-electron chi connectivity index (χ1n) is 9.69. The number of phosphoric ester groups is 1. The van der Waals surface area contributed by atoms with Crippen molar-refractivity contribution in [3.63, 3.8) is 0 Å². The third-order valence-corrected chi connectivity index (χ3v) is 6.78. The maximum atomic E-state index is 11.2. The second-order valence-electron chi connectivity index (χ2n) is 7.91. The normalized spacial score (nSPS) is 27.8. The first-order chi connectivity index (χ1) is 12.4. The van der Waals surface area contributed by atoms with Crippen molar-refractivity contribution < 1.29 is 18.9 Å². The molecular formula is C21H27O4P. The zero-order chi connectivity index (χ0) is 18.3. The first kappa shape index (κ1) is 18.0. The molecule has 0 aliphatic heterocycles. The molecule has 1 fully saturated rings. The van der Waals surface area contributed by atoms with E-state index in [0.29, 0.717) is 11.8 Å². The molecule has 0 amide bonds. The molecule has 2 atom stereocenters. The van der Waals surface area contributed by atoms with E-state index in [2.05, 4.69) is 6.92 Å². The molecule has 0 radical (unpaired) electrons. The molecule has 3 aliphatic carbocycles.